The summed E-state index contributed by atoms with van der Waals surface area (Å²) in [6.45, 7) is 0. The van der Waals surface area contributed by atoms with Crippen LogP contribution in [0.3, 0.4) is 0 Å². The van der Waals surface area contributed by atoms with Crippen LogP contribution in [0.1, 0.15) is 52.2 Å². The number of aryl methyl sites for hydroxylation is 2. The van der Waals surface area contributed by atoms with Gasteiger partial charge in [-0.3, -0.25) is 9.59 Å². The summed E-state index contributed by atoms with van der Waals surface area (Å²) in [5, 5.41) is 12.2. The number of hydrogen-bond donors (Lipinski definition) is 2. The molecule has 0 aliphatic heterocycles. The molecule has 0 radical (unpaired) electrons. The number of carboxylic acids is 1. The van der Waals surface area contributed by atoms with E-state index in [0.29, 0.717) is 6.42 Å². The minimum absolute atomic E-state index is 0.0949. The van der Waals surface area contributed by atoms with Gasteiger partial charge in [0.15, 0.2) is 0 Å². The highest BCUT2D eigenvalue weighted by atomic mass is 32.1. The molecule has 0 spiro atoms. The molecule has 1 aromatic rings. The van der Waals surface area contributed by atoms with Crippen molar-refractivity contribution < 1.29 is 14.7 Å². The van der Waals surface area contributed by atoms with E-state index in [9.17, 15) is 14.7 Å². The van der Waals surface area contributed by atoms with Crippen molar-refractivity contribution in [3.8, 4) is 0 Å². The number of fused-ring (bicyclic) bond motifs is 1. The fourth-order valence-corrected chi connectivity index (χ4v) is 4.44. The van der Waals surface area contributed by atoms with E-state index in [1.54, 1.807) is 11.3 Å². The van der Waals surface area contributed by atoms with Gasteiger partial charge in [-0.1, -0.05) is 12.8 Å². The van der Waals surface area contributed by atoms with Crippen LogP contribution < -0.4 is 5.32 Å². The Morgan fingerprint density at radius 3 is 2.75 bits per heavy atom. The van der Waals surface area contributed by atoms with Crippen molar-refractivity contribution in [3.05, 3.63) is 21.4 Å². The molecule has 2 N–H and O–H groups in total. The highest BCUT2D eigenvalue weighted by Crippen LogP contribution is 2.31. The van der Waals surface area contributed by atoms with Gasteiger partial charge in [0.25, 0.3) is 5.91 Å². The Hall–Kier alpha value is -1.36. The molecular formula is C15H19NO3S. The lowest BCUT2D eigenvalue weighted by Crippen LogP contribution is -2.44. The zero-order valence-corrected chi connectivity index (χ0v) is 12.2. The average molecular weight is 293 g/mol. The van der Waals surface area contributed by atoms with Gasteiger partial charge in [-0.25, -0.2) is 0 Å². The topological polar surface area (TPSA) is 66.4 Å². The highest BCUT2D eigenvalue weighted by molar-refractivity contribution is 7.14. The number of carbonyl (C=O) groups is 2. The molecule has 0 aromatic carbocycles. The molecule has 1 amide bonds. The number of thiophene rings is 1. The molecule has 2 aliphatic carbocycles. The fourth-order valence-electron chi connectivity index (χ4n) is 3.28. The predicted octanol–water partition coefficient (Wildman–Crippen LogP) is 2.61. The van der Waals surface area contributed by atoms with E-state index in [1.165, 1.54) is 16.9 Å². The Morgan fingerprint density at radius 1 is 1.20 bits per heavy atom. The first-order valence-corrected chi connectivity index (χ1v) is 8.12. The highest BCUT2D eigenvalue weighted by Gasteiger charge is 2.32. The van der Waals surface area contributed by atoms with Crippen LogP contribution >= 0.6 is 11.3 Å². The smallest absolute Gasteiger partial charge is 0.308 e. The zero-order valence-electron chi connectivity index (χ0n) is 11.4. The summed E-state index contributed by atoms with van der Waals surface area (Å²) in [5.41, 5.74) is 1.30. The van der Waals surface area contributed by atoms with E-state index >= 15 is 0 Å². The van der Waals surface area contributed by atoms with Crippen molar-refractivity contribution >= 4 is 23.2 Å². The van der Waals surface area contributed by atoms with Gasteiger partial charge in [-0.15, -0.1) is 11.3 Å². The average Bonchev–Trinajstić information content (AvgIpc) is 2.99. The largest absolute Gasteiger partial charge is 0.481 e. The zero-order chi connectivity index (χ0) is 14.1. The standard InChI is InChI=1S/C15H19NO3S/c17-14(13-8-9-4-3-7-12(9)20-13)16-11-6-2-1-5-10(11)15(18)19/h8,10-11H,1-7H2,(H,16,17)(H,18,19). The third kappa shape index (κ3) is 2.59. The van der Waals surface area contributed by atoms with E-state index < -0.39 is 11.9 Å². The molecule has 1 aromatic heterocycles. The number of aliphatic carboxylic acids is 1. The third-order valence-corrected chi connectivity index (χ3v) is 5.61. The second kappa shape index (κ2) is 5.56. The van der Waals surface area contributed by atoms with Crippen molar-refractivity contribution in [2.75, 3.05) is 0 Å². The number of carboxylic acid groups (broad SMARTS) is 1. The van der Waals surface area contributed by atoms with Crippen LogP contribution in [0.2, 0.25) is 0 Å². The van der Waals surface area contributed by atoms with Crippen LogP contribution in [-0.4, -0.2) is 23.0 Å². The fraction of sp³-hybridized carbons (Fsp3) is 0.600. The van der Waals surface area contributed by atoms with Crippen LogP contribution in [0.25, 0.3) is 0 Å². The van der Waals surface area contributed by atoms with Gasteiger partial charge in [0.1, 0.15) is 0 Å². The maximum atomic E-state index is 12.3. The molecule has 2 aliphatic rings. The summed E-state index contributed by atoms with van der Waals surface area (Å²) < 4.78 is 0. The lowest BCUT2D eigenvalue weighted by atomic mass is 9.84. The summed E-state index contributed by atoms with van der Waals surface area (Å²) in [4.78, 5) is 25.6. The first-order chi connectivity index (χ1) is 9.65. The Balaban J connectivity index is 1.69. The molecule has 0 saturated heterocycles. The third-order valence-electron chi connectivity index (χ3n) is 4.37. The van der Waals surface area contributed by atoms with Crippen LogP contribution in [0.4, 0.5) is 0 Å². The Morgan fingerprint density at radius 2 is 2.00 bits per heavy atom. The quantitative estimate of drug-likeness (QED) is 0.900. The maximum Gasteiger partial charge on any atom is 0.308 e. The molecule has 108 valence electrons. The van der Waals surface area contributed by atoms with E-state index in [-0.39, 0.29) is 11.9 Å². The maximum absolute atomic E-state index is 12.3. The summed E-state index contributed by atoms with van der Waals surface area (Å²) in [6, 6.07) is 1.77. The van der Waals surface area contributed by atoms with E-state index in [1.807, 2.05) is 6.07 Å². The number of nitrogens with one attached hydrogen (secondary N) is 1. The van der Waals surface area contributed by atoms with Crippen molar-refractivity contribution in [1.29, 1.82) is 0 Å². The van der Waals surface area contributed by atoms with Crippen molar-refractivity contribution in [1.82, 2.24) is 5.32 Å². The first kappa shape index (κ1) is 13.6. The Bertz CT molecular complexity index is 516. The second-order valence-electron chi connectivity index (χ2n) is 5.72. The molecule has 2 atom stereocenters. The molecule has 1 heterocycles. The normalized spacial score (nSPS) is 25.2. The summed E-state index contributed by atoms with van der Waals surface area (Å²) in [7, 11) is 0. The van der Waals surface area contributed by atoms with Crippen LogP contribution in [0.15, 0.2) is 6.07 Å². The van der Waals surface area contributed by atoms with Gasteiger partial charge >= 0.3 is 5.97 Å². The van der Waals surface area contributed by atoms with Crippen LogP contribution in [0.5, 0.6) is 0 Å². The predicted molar refractivity (Wildman–Crippen MR) is 77.2 cm³/mol. The molecule has 1 fully saturated rings. The second-order valence-corrected chi connectivity index (χ2v) is 6.86. The number of carbonyl (C=O) groups excluding carboxylic acids is 1. The molecule has 4 nitrogen and oxygen atoms in total. The van der Waals surface area contributed by atoms with E-state index in [0.717, 1.165) is 37.0 Å². The van der Waals surface area contributed by atoms with Gasteiger partial charge < -0.3 is 10.4 Å². The molecule has 3 rings (SSSR count). The lowest BCUT2D eigenvalue weighted by molar-refractivity contribution is -0.143. The van der Waals surface area contributed by atoms with E-state index in [2.05, 4.69) is 5.32 Å². The van der Waals surface area contributed by atoms with Crippen molar-refractivity contribution in [2.24, 2.45) is 5.92 Å². The van der Waals surface area contributed by atoms with Crippen molar-refractivity contribution in [3.63, 3.8) is 0 Å². The summed E-state index contributed by atoms with van der Waals surface area (Å²) in [5.74, 6) is -1.31. The Labute approximate surface area is 122 Å². The van der Waals surface area contributed by atoms with Crippen LogP contribution in [0, 0.1) is 5.92 Å². The summed E-state index contributed by atoms with van der Waals surface area (Å²) in [6.07, 6.45) is 6.71. The van der Waals surface area contributed by atoms with Gasteiger partial charge in [0.05, 0.1) is 10.8 Å². The minimum atomic E-state index is -0.788. The van der Waals surface area contributed by atoms with Gasteiger partial charge in [0.2, 0.25) is 0 Å². The minimum Gasteiger partial charge on any atom is -0.481 e. The van der Waals surface area contributed by atoms with Crippen molar-refractivity contribution in [2.45, 2.75) is 51.0 Å². The Kier molecular flexibility index (Phi) is 3.78. The molecular weight excluding hydrogens is 274 g/mol. The van der Waals surface area contributed by atoms with Gasteiger partial charge in [-0.2, -0.15) is 0 Å². The van der Waals surface area contributed by atoms with Gasteiger partial charge in [-0.05, 0) is 43.7 Å². The number of hydrogen-bond acceptors (Lipinski definition) is 3. The number of rotatable bonds is 3. The molecule has 20 heavy (non-hydrogen) atoms. The number of amides is 1. The molecule has 5 heteroatoms. The SMILES string of the molecule is O=C(NC1CCCCC1C(=O)O)c1cc2c(s1)CCC2. The van der Waals surface area contributed by atoms with Gasteiger partial charge in [0, 0.05) is 10.9 Å². The first-order valence-electron chi connectivity index (χ1n) is 7.30. The molecule has 2 unspecified atom stereocenters. The monoisotopic (exact) mass is 293 g/mol. The summed E-state index contributed by atoms with van der Waals surface area (Å²) >= 11 is 1.57. The lowest BCUT2D eigenvalue weighted by Gasteiger charge is -2.29. The van der Waals surface area contributed by atoms with Crippen LogP contribution in [-0.2, 0) is 17.6 Å². The molecule has 1 saturated carbocycles. The molecule has 0 bridgehead atoms. The van der Waals surface area contributed by atoms with E-state index in [4.69, 9.17) is 0 Å².